The van der Waals surface area contributed by atoms with E-state index in [-0.39, 0.29) is 11.9 Å². The first kappa shape index (κ1) is 13.8. The third-order valence-corrected chi connectivity index (χ3v) is 3.56. The van der Waals surface area contributed by atoms with E-state index in [1.165, 1.54) is 7.11 Å². The first-order chi connectivity index (χ1) is 9.24. The van der Waals surface area contributed by atoms with Crippen LogP contribution in [0.2, 0.25) is 0 Å². The number of methoxy groups -OCH3 is 2. The predicted molar refractivity (Wildman–Crippen MR) is 70.8 cm³/mol. The van der Waals surface area contributed by atoms with Crippen LogP contribution >= 0.6 is 0 Å². The SMILES string of the molecule is COC(=O)C1CCN(Cc2cccnc2OC)CC1. The number of pyridine rings is 1. The van der Waals surface area contributed by atoms with Crippen molar-refractivity contribution in [3.05, 3.63) is 23.9 Å². The maximum absolute atomic E-state index is 11.5. The summed E-state index contributed by atoms with van der Waals surface area (Å²) in [6.07, 6.45) is 3.44. The molecule has 1 aromatic heterocycles. The smallest absolute Gasteiger partial charge is 0.308 e. The van der Waals surface area contributed by atoms with E-state index >= 15 is 0 Å². The summed E-state index contributed by atoms with van der Waals surface area (Å²) < 4.78 is 10.0. The summed E-state index contributed by atoms with van der Waals surface area (Å²) in [6, 6.07) is 3.94. The van der Waals surface area contributed by atoms with Gasteiger partial charge in [-0.25, -0.2) is 4.98 Å². The van der Waals surface area contributed by atoms with Crippen molar-refractivity contribution in [1.82, 2.24) is 9.88 Å². The summed E-state index contributed by atoms with van der Waals surface area (Å²) in [5.41, 5.74) is 1.08. The van der Waals surface area contributed by atoms with Crippen LogP contribution < -0.4 is 4.74 Å². The van der Waals surface area contributed by atoms with E-state index in [4.69, 9.17) is 9.47 Å². The third kappa shape index (κ3) is 3.44. The Morgan fingerprint density at radius 1 is 1.42 bits per heavy atom. The van der Waals surface area contributed by atoms with Gasteiger partial charge in [0.15, 0.2) is 0 Å². The highest BCUT2D eigenvalue weighted by molar-refractivity contribution is 5.72. The van der Waals surface area contributed by atoms with E-state index < -0.39 is 0 Å². The highest BCUT2D eigenvalue weighted by Gasteiger charge is 2.25. The molecular formula is C14H20N2O3. The number of piperidine rings is 1. The fourth-order valence-corrected chi connectivity index (χ4v) is 2.46. The second-order valence-corrected chi connectivity index (χ2v) is 4.75. The molecule has 104 valence electrons. The maximum atomic E-state index is 11.5. The summed E-state index contributed by atoms with van der Waals surface area (Å²) in [5.74, 6) is 0.647. The van der Waals surface area contributed by atoms with Gasteiger partial charge in [-0.15, -0.1) is 0 Å². The third-order valence-electron chi connectivity index (χ3n) is 3.56. The van der Waals surface area contributed by atoms with Gasteiger partial charge in [0.2, 0.25) is 5.88 Å². The van der Waals surface area contributed by atoms with Crippen molar-refractivity contribution >= 4 is 5.97 Å². The van der Waals surface area contributed by atoms with Crippen LogP contribution in [0, 0.1) is 5.92 Å². The summed E-state index contributed by atoms with van der Waals surface area (Å²) in [6.45, 7) is 2.61. The number of hydrogen-bond acceptors (Lipinski definition) is 5. The van der Waals surface area contributed by atoms with Gasteiger partial charge >= 0.3 is 5.97 Å². The van der Waals surface area contributed by atoms with Crippen LogP contribution in [-0.4, -0.2) is 43.2 Å². The molecule has 0 aliphatic carbocycles. The van der Waals surface area contributed by atoms with E-state index in [1.54, 1.807) is 13.3 Å². The monoisotopic (exact) mass is 264 g/mol. The minimum atomic E-state index is -0.0846. The number of ether oxygens (including phenoxy) is 2. The molecule has 0 spiro atoms. The molecule has 0 atom stereocenters. The zero-order valence-electron chi connectivity index (χ0n) is 11.5. The van der Waals surface area contributed by atoms with Crippen LogP contribution in [-0.2, 0) is 16.1 Å². The van der Waals surface area contributed by atoms with Crippen LogP contribution in [0.3, 0.4) is 0 Å². The molecule has 0 N–H and O–H groups in total. The van der Waals surface area contributed by atoms with Gasteiger partial charge in [-0.2, -0.15) is 0 Å². The van der Waals surface area contributed by atoms with Crippen LogP contribution in [0.5, 0.6) is 5.88 Å². The average molecular weight is 264 g/mol. The number of carbonyl (C=O) groups excluding carboxylic acids is 1. The van der Waals surface area contributed by atoms with Crippen LogP contribution in [0.25, 0.3) is 0 Å². The van der Waals surface area contributed by atoms with Crippen molar-refractivity contribution in [1.29, 1.82) is 0 Å². The lowest BCUT2D eigenvalue weighted by atomic mass is 9.97. The number of aromatic nitrogens is 1. The van der Waals surface area contributed by atoms with Gasteiger partial charge in [0, 0.05) is 18.3 Å². The van der Waals surface area contributed by atoms with Crippen molar-refractivity contribution in [3.8, 4) is 5.88 Å². The standard InChI is InChI=1S/C14H20N2O3/c1-18-13-12(4-3-7-15-13)10-16-8-5-11(6-9-16)14(17)19-2/h3-4,7,11H,5-6,8-10H2,1-2H3. The summed E-state index contributed by atoms with van der Waals surface area (Å²) in [7, 11) is 3.09. The van der Waals surface area contributed by atoms with E-state index in [2.05, 4.69) is 9.88 Å². The van der Waals surface area contributed by atoms with E-state index in [0.29, 0.717) is 5.88 Å². The van der Waals surface area contributed by atoms with Gasteiger partial charge in [0.25, 0.3) is 0 Å². The number of likely N-dealkylation sites (tertiary alicyclic amines) is 1. The lowest BCUT2D eigenvalue weighted by molar-refractivity contribution is -0.147. The molecule has 0 bridgehead atoms. The highest BCUT2D eigenvalue weighted by atomic mass is 16.5. The molecule has 0 amide bonds. The number of rotatable bonds is 4. The molecule has 19 heavy (non-hydrogen) atoms. The zero-order chi connectivity index (χ0) is 13.7. The van der Waals surface area contributed by atoms with Gasteiger partial charge < -0.3 is 9.47 Å². The molecule has 2 rings (SSSR count). The summed E-state index contributed by atoms with van der Waals surface area (Å²) >= 11 is 0. The summed E-state index contributed by atoms with van der Waals surface area (Å²) in [5, 5.41) is 0. The van der Waals surface area contributed by atoms with Gasteiger partial charge in [-0.05, 0) is 32.0 Å². The molecule has 1 fully saturated rings. The molecule has 0 radical (unpaired) electrons. The Hall–Kier alpha value is -1.62. The quantitative estimate of drug-likeness (QED) is 0.771. The number of nitrogens with zero attached hydrogens (tertiary/aromatic N) is 2. The highest BCUT2D eigenvalue weighted by Crippen LogP contribution is 2.22. The molecule has 1 aliphatic rings. The molecule has 1 saturated heterocycles. The average Bonchev–Trinajstić information content (AvgIpc) is 2.48. The minimum absolute atomic E-state index is 0.0528. The Morgan fingerprint density at radius 3 is 2.79 bits per heavy atom. The van der Waals surface area contributed by atoms with Crippen molar-refractivity contribution in [2.45, 2.75) is 19.4 Å². The van der Waals surface area contributed by atoms with Crippen LogP contribution in [0.15, 0.2) is 18.3 Å². The Morgan fingerprint density at radius 2 is 2.16 bits per heavy atom. The molecular weight excluding hydrogens is 244 g/mol. The summed E-state index contributed by atoms with van der Waals surface area (Å²) in [4.78, 5) is 18.0. The Bertz CT molecular complexity index is 428. The fraction of sp³-hybridized carbons (Fsp3) is 0.571. The molecule has 0 saturated carbocycles. The minimum Gasteiger partial charge on any atom is -0.481 e. The Kier molecular flexibility index (Phi) is 4.74. The lowest BCUT2D eigenvalue weighted by Gasteiger charge is -2.30. The first-order valence-corrected chi connectivity index (χ1v) is 6.52. The zero-order valence-corrected chi connectivity index (χ0v) is 11.5. The fourth-order valence-electron chi connectivity index (χ4n) is 2.46. The Balaban J connectivity index is 1.90. The number of carbonyl (C=O) groups is 1. The van der Waals surface area contributed by atoms with Crippen molar-refractivity contribution in [2.24, 2.45) is 5.92 Å². The topological polar surface area (TPSA) is 51.7 Å². The van der Waals surface area contributed by atoms with Crippen molar-refractivity contribution in [2.75, 3.05) is 27.3 Å². The second-order valence-electron chi connectivity index (χ2n) is 4.75. The van der Waals surface area contributed by atoms with Gasteiger partial charge in [-0.1, -0.05) is 6.07 Å². The van der Waals surface area contributed by atoms with Gasteiger partial charge in [0.1, 0.15) is 0 Å². The predicted octanol–water partition coefficient (Wildman–Crippen LogP) is 1.48. The van der Waals surface area contributed by atoms with Gasteiger partial charge in [-0.3, -0.25) is 9.69 Å². The van der Waals surface area contributed by atoms with Crippen LogP contribution in [0.4, 0.5) is 0 Å². The van der Waals surface area contributed by atoms with E-state index in [9.17, 15) is 4.79 Å². The van der Waals surface area contributed by atoms with Crippen molar-refractivity contribution in [3.63, 3.8) is 0 Å². The molecule has 1 aliphatic heterocycles. The van der Waals surface area contributed by atoms with E-state index in [0.717, 1.165) is 38.0 Å². The maximum Gasteiger partial charge on any atom is 0.308 e. The van der Waals surface area contributed by atoms with Crippen LogP contribution in [0.1, 0.15) is 18.4 Å². The largest absolute Gasteiger partial charge is 0.481 e. The normalized spacial score (nSPS) is 17.2. The molecule has 5 nitrogen and oxygen atoms in total. The second kappa shape index (κ2) is 6.52. The van der Waals surface area contributed by atoms with E-state index in [1.807, 2.05) is 12.1 Å². The Labute approximate surface area is 113 Å². The van der Waals surface area contributed by atoms with Gasteiger partial charge in [0.05, 0.1) is 20.1 Å². The number of esters is 1. The first-order valence-electron chi connectivity index (χ1n) is 6.52. The van der Waals surface area contributed by atoms with Crippen molar-refractivity contribution < 1.29 is 14.3 Å². The molecule has 2 heterocycles. The molecule has 0 aromatic carbocycles. The molecule has 0 unspecified atom stereocenters. The molecule has 1 aromatic rings. The molecule has 5 heteroatoms. The number of hydrogen-bond donors (Lipinski definition) is 0. The lowest BCUT2D eigenvalue weighted by Crippen LogP contribution is -2.36.